The van der Waals surface area contributed by atoms with Crippen molar-refractivity contribution in [3.05, 3.63) is 23.8 Å². The SMILES string of the molecule is Cc1c(NC(=O)OCCN2CCOC2C(C)C)cccc1NC(=O)OCCN1CCOC1C(C)C. The summed E-state index contributed by atoms with van der Waals surface area (Å²) in [6, 6.07) is 5.27. The van der Waals surface area contributed by atoms with Crippen LogP contribution >= 0.6 is 0 Å². The Balaban J connectivity index is 1.42. The third-order valence-electron chi connectivity index (χ3n) is 6.23. The molecule has 2 heterocycles. The average Bonchev–Trinajstić information content (AvgIpc) is 3.46. The standard InChI is InChI=1S/C25H40N4O6/c1-17(2)22-28(9-13-32-22)11-15-34-24(30)26-20-7-6-8-21(19(20)5)27-25(31)35-16-12-29-10-14-33-23(29)18(3)4/h6-8,17-18,22-23H,9-16H2,1-5H3,(H,26,30)(H,27,31). The van der Waals surface area contributed by atoms with Gasteiger partial charge in [-0.3, -0.25) is 20.4 Å². The van der Waals surface area contributed by atoms with Crippen LogP contribution in [0.2, 0.25) is 0 Å². The molecule has 2 fully saturated rings. The van der Waals surface area contributed by atoms with Crippen LogP contribution in [0.15, 0.2) is 18.2 Å². The highest BCUT2D eigenvalue weighted by atomic mass is 16.6. The summed E-state index contributed by atoms with van der Waals surface area (Å²) in [7, 11) is 0. The van der Waals surface area contributed by atoms with Crippen molar-refractivity contribution in [2.24, 2.45) is 11.8 Å². The first-order valence-electron chi connectivity index (χ1n) is 12.4. The highest BCUT2D eigenvalue weighted by Crippen LogP contribution is 2.24. The van der Waals surface area contributed by atoms with Gasteiger partial charge >= 0.3 is 12.2 Å². The molecule has 2 aliphatic heterocycles. The number of carbonyl (C=O) groups excluding carboxylic acids is 2. The second kappa shape index (κ2) is 13.1. The maximum absolute atomic E-state index is 12.3. The first-order chi connectivity index (χ1) is 16.8. The predicted molar refractivity (Wildman–Crippen MR) is 133 cm³/mol. The summed E-state index contributed by atoms with van der Waals surface area (Å²) in [6.45, 7) is 15.1. The smallest absolute Gasteiger partial charge is 0.411 e. The largest absolute Gasteiger partial charge is 0.448 e. The van der Waals surface area contributed by atoms with E-state index in [1.165, 1.54) is 0 Å². The van der Waals surface area contributed by atoms with Crippen LogP contribution in [0.3, 0.4) is 0 Å². The number of nitrogens with one attached hydrogen (secondary N) is 2. The lowest BCUT2D eigenvalue weighted by molar-refractivity contribution is -0.00800. The summed E-state index contributed by atoms with van der Waals surface area (Å²) in [5.41, 5.74) is 1.83. The lowest BCUT2D eigenvalue weighted by atomic mass is 10.1. The van der Waals surface area contributed by atoms with Crippen LogP contribution < -0.4 is 10.6 Å². The van der Waals surface area contributed by atoms with Gasteiger partial charge in [-0.05, 0) is 36.5 Å². The monoisotopic (exact) mass is 492 g/mol. The van der Waals surface area contributed by atoms with E-state index in [1.807, 2.05) is 6.92 Å². The van der Waals surface area contributed by atoms with Crippen LogP contribution in [0.4, 0.5) is 21.0 Å². The first kappa shape index (κ1) is 27.2. The Morgan fingerprint density at radius 1 is 0.886 bits per heavy atom. The summed E-state index contributed by atoms with van der Waals surface area (Å²) in [4.78, 5) is 29.0. The fourth-order valence-corrected chi connectivity index (χ4v) is 4.46. The van der Waals surface area contributed by atoms with E-state index in [2.05, 4.69) is 48.1 Å². The Labute approximate surface area is 208 Å². The molecule has 2 amide bonds. The average molecular weight is 493 g/mol. The molecular weight excluding hydrogens is 452 g/mol. The molecule has 35 heavy (non-hydrogen) atoms. The molecule has 2 N–H and O–H groups in total. The molecule has 10 heteroatoms. The number of ether oxygens (including phenoxy) is 4. The predicted octanol–water partition coefficient (Wildman–Crippen LogP) is 3.72. The Kier molecular flexibility index (Phi) is 10.1. The van der Waals surface area contributed by atoms with Crippen molar-refractivity contribution in [2.45, 2.75) is 47.1 Å². The van der Waals surface area contributed by atoms with Gasteiger partial charge in [0.05, 0.1) is 13.2 Å². The molecule has 0 aliphatic carbocycles. The molecule has 1 aromatic carbocycles. The van der Waals surface area contributed by atoms with Crippen molar-refractivity contribution < 1.29 is 28.5 Å². The number of anilines is 2. The van der Waals surface area contributed by atoms with Crippen LogP contribution in [-0.4, -0.2) is 87.0 Å². The molecular formula is C25H40N4O6. The number of carbonyl (C=O) groups is 2. The van der Waals surface area contributed by atoms with Gasteiger partial charge in [0.15, 0.2) is 0 Å². The van der Waals surface area contributed by atoms with Crippen molar-refractivity contribution in [2.75, 3.05) is 63.2 Å². The first-order valence-corrected chi connectivity index (χ1v) is 12.4. The highest BCUT2D eigenvalue weighted by Gasteiger charge is 2.28. The summed E-state index contributed by atoms with van der Waals surface area (Å²) in [6.07, 6.45) is -0.957. The fourth-order valence-electron chi connectivity index (χ4n) is 4.46. The molecule has 0 radical (unpaired) electrons. The molecule has 2 atom stereocenters. The van der Waals surface area contributed by atoms with E-state index in [0.717, 1.165) is 13.1 Å². The van der Waals surface area contributed by atoms with Gasteiger partial charge in [-0.2, -0.15) is 0 Å². The lowest BCUT2D eigenvalue weighted by Gasteiger charge is -2.25. The molecule has 0 bridgehead atoms. The molecule has 3 rings (SSSR count). The van der Waals surface area contributed by atoms with Crippen molar-refractivity contribution in [1.29, 1.82) is 0 Å². The van der Waals surface area contributed by atoms with E-state index >= 15 is 0 Å². The number of rotatable bonds is 10. The molecule has 2 aliphatic rings. The number of hydrogen-bond donors (Lipinski definition) is 2. The second-order valence-corrected chi connectivity index (χ2v) is 9.58. The van der Waals surface area contributed by atoms with E-state index in [0.29, 0.717) is 55.1 Å². The second-order valence-electron chi connectivity index (χ2n) is 9.58. The number of benzene rings is 1. The highest BCUT2D eigenvalue weighted by molar-refractivity contribution is 5.91. The van der Waals surface area contributed by atoms with Gasteiger partial charge in [-0.1, -0.05) is 33.8 Å². The zero-order valence-corrected chi connectivity index (χ0v) is 21.5. The molecule has 10 nitrogen and oxygen atoms in total. The lowest BCUT2D eigenvalue weighted by Crippen LogP contribution is -2.37. The normalized spacial score (nSPS) is 21.0. The van der Waals surface area contributed by atoms with Gasteiger partial charge in [0.1, 0.15) is 25.7 Å². The molecule has 196 valence electrons. The third-order valence-corrected chi connectivity index (χ3v) is 6.23. The molecule has 2 unspecified atom stereocenters. The van der Waals surface area contributed by atoms with E-state index in [1.54, 1.807) is 18.2 Å². The van der Waals surface area contributed by atoms with Gasteiger partial charge in [0.2, 0.25) is 0 Å². The minimum atomic E-state index is -0.540. The number of amides is 2. The number of hydrogen-bond acceptors (Lipinski definition) is 8. The van der Waals surface area contributed by atoms with Crippen molar-refractivity contribution >= 4 is 23.6 Å². The van der Waals surface area contributed by atoms with Gasteiger partial charge < -0.3 is 18.9 Å². The van der Waals surface area contributed by atoms with Crippen molar-refractivity contribution in [3.8, 4) is 0 Å². The minimum Gasteiger partial charge on any atom is -0.448 e. The zero-order valence-electron chi connectivity index (χ0n) is 21.5. The summed E-state index contributed by atoms with van der Waals surface area (Å²) in [5, 5.41) is 5.51. The maximum atomic E-state index is 12.3. The quantitative estimate of drug-likeness (QED) is 0.510. The van der Waals surface area contributed by atoms with E-state index in [-0.39, 0.29) is 25.7 Å². The third kappa shape index (κ3) is 7.79. The van der Waals surface area contributed by atoms with Crippen LogP contribution in [0.25, 0.3) is 0 Å². The van der Waals surface area contributed by atoms with E-state index in [9.17, 15) is 9.59 Å². The fraction of sp³-hybridized carbons (Fsp3) is 0.680. The Morgan fingerprint density at radius 3 is 1.71 bits per heavy atom. The van der Waals surface area contributed by atoms with Gasteiger partial charge in [-0.25, -0.2) is 9.59 Å². The van der Waals surface area contributed by atoms with Gasteiger partial charge in [0.25, 0.3) is 0 Å². The molecule has 0 spiro atoms. The minimum absolute atomic E-state index is 0.0618. The molecule has 0 aromatic heterocycles. The summed E-state index contributed by atoms with van der Waals surface area (Å²) < 4.78 is 22.2. The van der Waals surface area contributed by atoms with Crippen LogP contribution in [0.5, 0.6) is 0 Å². The van der Waals surface area contributed by atoms with Gasteiger partial charge in [0, 0.05) is 37.6 Å². The molecule has 2 saturated heterocycles. The topological polar surface area (TPSA) is 102 Å². The van der Waals surface area contributed by atoms with Crippen LogP contribution in [0, 0.1) is 18.8 Å². The Morgan fingerprint density at radius 2 is 1.31 bits per heavy atom. The zero-order chi connectivity index (χ0) is 25.4. The molecule has 0 saturated carbocycles. The molecule has 1 aromatic rings. The Bertz CT molecular complexity index is 785. The Hall–Kier alpha value is -2.40. The van der Waals surface area contributed by atoms with E-state index in [4.69, 9.17) is 18.9 Å². The van der Waals surface area contributed by atoms with Crippen LogP contribution in [-0.2, 0) is 18.9 Å². The van der Waals surface area contributed by atoms with E-state index < -0.39 is 12.2 Å². The van der Waals surface area contributed by atoms with Crippen LogP contribution in [0.1, 0.15) is 33.3 Å². The maximum Gasteiger partial charge on any atom is 0.411 e. The van der Waals surface area contributed by atoms with Crippen molar-refractivity contribution in [1.82, 2.24) is 9.80 Å². The summed E-state index contributed by atoms with van der Waals surface area (Å²) >= 11 is 0. The number of nitrogens with zero attached hydrogens (tertiary/aromatic N) is 2. The van der Waals surface area contributed by atoms with Gasteiger partial charge in [-0.15, -0.1) is 0 Å². The summed E-state index contributed by atoms with van der Waals surface area (Å²) in [5.74, 6) is 0.754. The van der Waals surface area contributed by atoms with Crippen molar-refractivity contribution in [3.63, 3.8) is 0 Å².